The van der Waals surface area contributed by atoms with E-state index in [1.165, 1.54) is 12.1 Å². The van der Waals surface area contributed by atoms with E-state index in [-0.39, 0.29) is 18.3 Å². The van der Waals surface area contributed by atoms with E-state index in [9.17, 15) is 9.18 Å². The lowest BCUT2D eigenvalue weighted by molar-refractivity contribution is 0.0950. The first-order valence-electron chi connectivity index (χ1n) is 8.26. The number of aromatic nitrogens is 1. The third-order valence-corrected chi connectivity index (χ3v) is 4.15. The molecule has 0 fully saturated rings. The molecule has 0 aliphatic carbocycles. The van der Waals surface area contributed by atoms with E-state index in [0.717, 1.165) is 11.1 Å². The topological polar surface area (TPSA) is 51.2 Å². The number of benzene rings is 2. The normalized spacial score (nSPS) is 10.4. The summed E-state index contributed by atoms with van der Waals surface area (Å²) in [7, 11) is 0. The average Bonchev–Trinajstić information content (AvgIpc) is 2.63. The van der Waals surface area contributed by atoms with Gasteiger partial charge in [0.05, 0.1) is 0 Å². The molecule has 0 bridgehead atoms. The molecule has 0 aliphatic heterocycles. The Hall–Kier alpha value is -3.21. The second-order valence-electron chi connectivity index (χ2n) is 5.96. The Morgan fingerprint density at radius 1 is 1.12 bits per heavy atom. The third kappa shape index (κ3) is 4.06. The van der Waals surface area contributed by atoms with Crippen LogP contribution in [0.15, 0.2) is 60.8 Å². The average molecular weight is 350 g/mol. The van der Waals surface area contributed by atoms with Crippen LogP contribution in [0, 0.1) is 19.7 Å². The summed E-state index contributed by atoms with van der Waals surface area (Å²) in [6, 6.07) is 15.0. The summed E-state index contributed by atoms with van der Waals surface area (Å²) in [4.78, 5) is 16.7. The van der Waals surface area contributed by atoms with Gasteiger partial charge >= 0.3 is 0 Å². The van der Waals surface area contributed by atoms with Crippen LogP contribution in [0.1, 0.15) is 27.0 Å². The fourth-order valence-corrected chi connectivity index (χ4v) is 2.56. The van der Waals surface area contributed by atoms with E-state index in [1.54, 1.807) is 30.5 Å². The minimum atomic E-state index is -0.386. The van der Waals surface area contributed by atoms with Crippen molar-refractivity contribution in [1.29, 1.82) is 0 Å². The molecule has 1 aromatic heterocycles. The summed E-state index contributed by atoms with van der Waals surface area (Å²) in [5.41, 5.74) is 3.36. The Morgan fingerprint density at radius 3 is 2.73 bits per heavy atom. The molecule has 132 valence electrons. The van der Waals surface area contributed by atoms with Crippen molar-refractivity contribution in [3.05, 3.63) is 88.9 Å². The fraction of sp³-hybridized carbons (Fsp3) is 0.143. The van der Waals surface area contributed by atoms with Gasteiger partial charge in [-0.2, -0.15) is 0 Å². The van der Waals surface area contributed by atoms with Gasteiger partial charge in [-0.3, -0.25) is 4.79 Å². The lowest BCUT2D eigenvalue weighted by Gasteiger charge is -2.12. The number of hydrogen-bond acceptors (Lipinski definition) is 3. The maximum absolute atomic E-state index is 13.3. The zero-order chi connectivity index (χ0) is 18.5. The predicted octanol–water partition coefficient (Wildman–Crippen LogP) is 4.56. The molecule has 1 amide bonds. The SMILES string of the molecule is Cc1cccc(C(=O)NCc2cccnc2Oc2cccc(F)c2)c1C. The summed E-state index contributed by atoms with van der Waals surface area (Å²) in [6.45, 7) is 4.15. The van der Waals surface area contributed by atoms with Gasteiger partial charge in [0.1, 0.15) is 11.6 Å². The Kier molecular flexibility index (Phi) is 5.27. The number of rotatable bonds is 5. The summed E-state index contributed by atoms with van der Waals surface area (Å²) in [5, 5.41) is 2.89. The number of nitrogens with one attached hydrogen (secondary N) is 1. The van der Waals surface area contributed by atoms with Gasteiger partial charge in [0, 0.05) is 29.9 Å². The number of aryl methyl sites for hydroxylation is 1. The standard InChI is InChI=1S/C21H19FN2O2/c1-14-6-3-10-19(15(14)2)20(25)24-13-16-7-5-11-23-21(16)26-18-9-4-8-17(22)12-18/h3-12H,13H2,1-2H3,(H,24,25). The van der Waals surface area contributed by atoms with Crippen molar-refractivity contribution in [3.8, 4) is 11.6 Å². The Labute approximate surface area is 151 Å². The number of carbonyl (C=O) groups excluding carboxylic acids is 1. The minimum absolute atomic E-state index is 0.160. The maximum Gasteiger partial charge on any atom is 0.251 e. The molecular weight excluding hydrogens is 331 g/mol. The highest BCUT2D eigenvalue weighted by Crippen LogP contribution is 2.23. The fourth-order valence-electron chi connectivity index (χ4n) is 2.56. The van der Waals surface area contributed by atoms with Crippen LogP contribution >= 0.6 is 0 Å². The van der Waals surface area contributed by atoms with Crippen LogP contribution in [0.3, 0.4) is 0 Å². The van der Waals surface area contributed by atoms with Crippen molar-refractivity contribution in [2.24, 2.45) is 0 Å². The van der Waals surface area contributed by atoms with Gasteiger partial charge in [0.2, 0.25) is 5.88 Å². The number of nitrogens with zero attached hydrogens (tertiary/aromatic N) is 1. The molecule has 5 heteroatoms. The van der Waals surface area contributed by atoms with E-state index >= 15 is 0 Å². The molecule has 3 rings (SSSR count). The first kappa shape index (κ1) is 17.6. The van der Waals surface area contributed by atoms with E-state index in [1.807, 2.05) is 32.0 Å². The van der Waals surface area contributed by atoms with Crippen molar-refractivity contribution in [3.63, 3.8) is 0 Å². The van der Waals surface area contributed by atoms with Crippen LogP contribution < -0.4 is 10.1 Å². The number of pyridine rings is 1. The Morgan fingerprint density at radius 2 is 1.92 bits per heavy atom. The highest BCUT2D eigenvalue weighted by molar-refractivity contribution is 5.95. The van der Waals surface area contributed by atoms with Crippen molar-refractivity contribution in [2.45, 2.75) is 20.4 Å². The lowest BCUT2D eigenvalue weighted by atomic mass is 10.0. The molecule has 1 N–H and O–H groups in total. The maximum atomic E-state index is 13.3. The van der Waals surface area contributed by atoms with Gasteiger partial charge < -0.3 is 10.1 Å². The molecule has 26 heavy (non-hydrogen) atoms. The number of carbonyl (C=O) groups is 1. The third-order valence-electron chi connectivity index (χ3n) is 4.15. The first-order chi connectivity index (χ1) is 12.5. The molecule has 0 saturated carbocycles. The van der Waals surface area contributed by atoms with Crippen LogP contribution in [0.2, 0.25) is 0 Å². The number of halogens is 1. The molecule has 0 unspecified atom stereocenters. The van der Waals surface area contributed by atoms with Crippen molar-refractivity contribution in [1.82, 2.24) is 10.3 Å². The van der Waals surface area contributed by atoms with Gasteiger partial charge in [-0.05, 0) is 49.2 Å². The zero-order valence-electron chi connectivity index (χ0n) is 14.6. The molecule has 2 aromatic carbocycles. The molecule has 0 aliphatic rings. The molecule has 0 saturated heterocycles. The van der Waals surface area contributed by atoms with Gasteiger partial charge in [0.25, 0.3) is 5.91 Å². The molecule has 3 aromatic rings. The first-order valence-corrected chi connectivity index (χ1v) is 8.26. The molecule has 4 nitrogen and oxygen atoms in total. The van der Waals surface area contributed by atoms with Gasteiger partial charge in [-0.25, -0.2) is 9.37 Å². The van der Waals surface area contributed by atoms with E-state index in [2.05, 4.69) is 10.3 Å². The minimum Gasteiger partial charge on any atom is -0.439 e. The summed E-state index contributed by atoms with van der Waals surface area (Å²) in [6.07, 6.45) is 1.59. The summed E-state index contributed by atoms with van der Waals surface area (Å²) >= 11 is 0. The van der Waals surface area contributed by atoms with Crippen molar-refractivity contribution < 1.29 is 13.9 Å². The monoisotopic (exact) mass is 350 g/mol. The van der Waals surface area contributed by atoms with Crippen molar-refractivity contribution >= 4 is 5.91 Å². The highest BCUT2D eigenvalue weighted by Gasteiger charge is 2.12. The van der Waals surface area contributed by atoms with E-state index in [4.69, 9.17) is 4.74 Å². The second-order valence-corrected chi connectivity index (χ2v) is 5.96. The van der Waals surface area contributed by atoms with E-state index < -0.39 is 0 Å². The largest absolute Gasteiger partial charge is 0.439 e. The van der Waals surface area contributed by atoms with Gasteiger partial charge in [-0.1, -0.05) is 24.3 Å². The summed E-state index contributed by atoms with van der Waals surface area (Å²) < 4.78 is 19.0. The van der Waals surface area contributed by atoms with Crippen LogP contribution in [0.4, 0.5) is 4.39 Å². The number of amides is 1. The molecule has 1 heterocycles. The molecular formula is C21H19FN2O2. The molecule has 0 spiro atoms. The number of ether oxygens (including phenoxy) is 1. The lowest BCUT2D eigenvalue weighted by Crippen LogP contribution is -2.24. The zero-order valence-corrected chi connectivity index (χ0v) is 14.6. The van der Waals surface area contributed by atoms with Crippen LogP contribution in [-0.4, -0.2) is 10.9 Å². The van der Waals surface area contributed by atoms with Crippen LogP contribution in [0.5, 0.6) is 11.6 Å². The van der Waals surface area contributed by atoms with Gasteiger partial charge in [-0.15, -0.1) is 0 Å². The number of hydrogen-bond donors (Lipinski definition) is 1. The van der Waals surface area contributed by atoms with Crippen LogP contribution in [-0.2, 0) is 6.54 Å². The molecule has 0 atom stereocenters. The quantitative estimate of drug-likeness (QED) is 0.734. The van der Waals surface area contributed by atoms with Gasteiger partial charge in [0.15, 0.2) is 0 Å². The molecule has 0 radical (unpaired) electrons. The predicted molar refractivity (Wildman–Crippen MR) is 97.8 cm³/mol. The summed E-state index contributed by atoms with van der Waals surface area (Å²) in [5.74, 6) is 0.139. The van der Waals surface area contributed by atoms with Crippen molar-refractivity contribution in [2.75, 3.05) is 0 Å². The van der Waals surface area contributed by atoms with Crippen LogP contribution in [0.25, 0.3) is 0 Å². The Balaban J connectivity index is 1.74. The second kappa shape index (κ2) is 7.78. The smallest absolute Gasteiger partial charge is 0.251 e. The Bertz CT molecular complexity index is 941. The van der Waals surface area contributed by atoms with E-state index in [0.29, 0.717) is 22.8 Å². The highest BCUT2D eigenvalue weighted by atomic mass is 19.1.